The predicted octanol–water partition coefficient (Wildman–Crippen LogP) is 2.37. The van der Waals surface area contributed by atoms with Crippen LogP contribution in [-0.2, 0) is 4.74 Å². The largest absolute Gasteiger partial charge is 0.486 e. The molecule has 0 unspecified atom stereocenters. The first-order valence-electron chi connectivity index (χ1n) is 7.55. The quantitative estimate of drug-likeness (QED) is 0.861. The predicted molar refractivity (Wildman–Crippen MR) is 82.9 cm³/mol. The fourth-order valence-corrected chi connectivity index (χ4v) is 2.63. The number of H-pyrrole nitrogens is 1. The van der Waals surface area contributed by atoms with Gasteiger partial charge >= 0.3 is 0 Å². The van der Waals surface area contributed by atoms with Gasteiger partial charge in [0.2, 0.25) is 0 Å². The minimum atomic E-state index is -0.165. The minimum Gasteiger partial charge on any atom is -0.486 e. The Bertz CT molecular complexity index is 598. The van der Waals surface area contributed by atoms with E-state index in [9.17, 15) is 4.79 Å². The summed E-state index contributed by atoms with van der Waals surface area (Å²) >= 11 is 0. The average molecular weight is 300 g/mol. The van der Waals surface area contributed by atoms with E-state index in [0.29, 0.717) is 12.3 Å². The van der Waals surface area contributed by atoms with Crippen molar-refractivity contribution < 1.29 is 14.3 Å². The van der Waals surface area contributed by atoms with Crippen LogP contribution >= 0.6 is 0 Å². The third-order valence-corrected chi connectivity index (χ3v) is 3.80. The molecule has 5 heteroatoms. The molecule has 22 heavy (non-hydrogen) atoms. The molecule has 1 aromatic heterocycles. The molecular formula is C17H20N2O3. The van der Waals surface area contributed by atoms with E-state index in [0.717, 1.165) is 12.2 Å². The van der Waals surface area contributed by atoms with Crippen molar-refractivity contribution in [1.82, 2.24) is 10.3 Å². The molecular weight excluding hydrogens is 280 g/mol. The Balaban J connectivity index is 1.64. The molecule has 1 fully saturated rings. The topological polar surface area (TPSA) is 63.3 Å². The van der Waals surface area contributed by atoms with Gasteiger partial charge in [-0.15, -0.1) is 0 Å². The number of aromatic nitrogens is 1. The first kappa shape index (κ1) is 14.7. The molecule has 1 amide bonds. The Kier molecular flexibility index (Phi) is 4.44. The van der Waals surface area contributed by atoms with Crippen molar-refractivity contribution in [3.05, 3.63) is 54.4 Å². The summed E-state index contributed by atoms with van der Waals surface area (Å²) < 4.78 is 11.7. The molecule has 3 atom stereocenters. The van der Waals surface area contributed by atoms with Gasteiger partial charge in [0.05, 0.1) is 12.1 Å². The zero-order valence-corrected chi connectivity index (χ0v) is 12.5. The van der Waals surface area contributed by atoms with Gasteiger partial charge in [-0.1, -0.05) is 18.2 Å². The van der Waals surface area contributed by atoms with Crippen molar-refractivity contribution in [3.8, 4) is 5.75 Å². The van der Waals surface area contributed by atoms with Crippen LogP contribution in [0.4, 0.5) is 0 Å². The molecule has 3 rings (SSSR count). The highest BCUT2D eigenvalue weighted by atomic mass is 16.5. The number of benzene rings is 1. The third-order valence-electron chi connectivity index (χ3n) is 3.80. The van der Waals surface area contributed by atoms with Crippen LogP contribution in [0.3, 0.4) is 0 Å². The Morgan fingerprint density at radius 1 is 1.27 bits per heavy atom. The number of hydrogen-bond donors (Lipinski definition) is 2. The smallest absolute Gasteiger partial charge is 0.268 e. The lowest BCUT2D eigenvalue weighted by Gasteiger charge is -2.43. The van der Waals surface area contributed by atoms with Crippen LogP contribution in [0.1, 0.15) is 23.8 Å². The summed E-state index contributed by atoms with van der Waals surface area (Å²) in [6, 6.07) is 13.1. The second-order valence-corrected chi connectivity index (χ2v) is 5.29. The highest BCUT2D eigenvalue weighted by Crippen LogP contribution is 2.29. The molecule has 0 bridgehead atoms. The summed E-state index contributed by atoms with van der Waals surface area (Å²) in [5, 5.41) is 3.00. The Morgan fingerprint density at radius 3 is 2.77 bits per heavy atom. The molecule has 0 aliphatic heterocycles. The Morgan fingerprint density at radius 2 is 2.09 bits per heavy atom. The molecule has 2 N–H and O–H groups in total. The van der Waals surface area contributed by atoms with Crippen LogP contribution in [0.25, 0.3) is 0 Å². The maximum Gasteiger partial charge on any atom is 0.268 e. The van der Waals surface area contributed by atoms with Crippen molar-refractivity contribution in [2.24, 2.45) is 0 Å². The number of hydrogen-bond acceptors (Lipinski definition) is 3. The normalized spacial score (nSPS) is 23.6. The van der Waals surface area contributed by atoms with Crippen LogP contribution in [0.2, 0.25) is 0 Å². The number of carbonyl (C=O) groups is 1. The molecule has 5 nitrogen and oxygen atoms in total. The lowest BCUT2D eigenvalue weighted by molar-refractivity contribution is -0.0995. The molecule has 0 radical (unpaired) electrons. The maximum absolute atomic E-state index is 12.1. The van der Waals surface area contributed by atoms with Crippen LogP contribution in [0, 0.1) is 0 Å². The Labute approximate surface area is 129 Å². The molecule has 1 saturated carbocycles. The molecule has 2 aromatic rings. The first-order chi connectivity index (χ1) is 10.8. The van der Waals surface area contributed by atoms with Gasteiger partial charge in [0.1, 0.15) is 17.5 Å². The van der Waals surface area contributed by atoms with E-state index >= 15 is 0 Å². The SMILES string of the molecule is CCO[C@@H]1C[C@@H](NC(=O)c2ccc[nH]2)[C@H]1Oc1ccccc1. The van der Waals surface area contributed by atoms with E-state index in [1.54, 1.807) is 18.3 Å². The van der Waals surface area contributed by atoms with Crippen LogP contribution in [-0.4, -0.2) is 35.7 Å². The van der Waals surface area contributed by atoms with E-state index < -0.39 is 0 Å². The highest BCUT2D eigenvalue weighted by molar-refractivity contribution is 5.92. The van der Waals surface area contributed by atoms with Crippen LogP contribution < -0.4 is 10.1 Å². The third kappa shape index (κ3) is 3.14. The number of aromatic amines is 1. The van der Waals surface area contributed by atoms with Gasteiger partial charge in [-0.05, 0) is 31.2 Å². The summed E-state index contributed by atoms with van der Waals surface area (Å²) in [6.07, 6.45) is 2.34. The van der Waals surface area contributed by atoms with Crippen molar-refractivity contribution >= 4 is 5.91 Å². The summed E-state index contributed by atoms with van der Waals surface area (Å²) in [5.41, 5.74) is 0.554. The second-order valence-electron chi connectivity index (χ2n) is 5.29. The molecule has 1 heterocycles. The molecule has 0 saturated heterocycles. The number of rotatable bonds is 6. The zero-order chi connectivity index (χ0) is 15.4. The monoisotopic (exact) mass is 300 g/mol. The molecule has 0 spiro atoms. The number of carbonyl (C=O) groups excluding carboxylic acids is 1. The first-order valence-corrected chi connectivity index (χ1v) is 7.55. The molecule has 1 aliphatic carbocycles. The summed E-state index contributed by atoms with van der Waals surface area (Å²) in [5.74, 6) is 0.669. The van der Waals surface area contributed by atoms with Crippen molar-refractivity contribution in [2.75, 3.05) is 6.61 Å². The van der Waals surface area contributed by atoms with Crippen LogP contribution in [0.15, 0.2) is 48.7 Å². The average Bonchev–Trinajstić information content (AvgIpc) is 3.07. The lowest BCUT2D eigenvalue weighted by Crippen LogP contribution is -2.62. The van der Waals surface area contributed by atoms with Gasteiger partial charge < -0.3 is 19.8 Å². The van der Waals surface area contributed by atoms with E-state index in [2.05, 4.69) is 10.3 Å². The number of nitrogens with one attached hydrogen (secondary N) is 2. The van der Waals surface area contributed by atoms with Gasteiger partial charge in [-0.25, -0.2) is 0 Å². The minimum absolute atomic E-state index is 0.0131. The fraction of sp³-hybridized carbons (Fsp3) is 0.353. The van der Waals surface area contributed by atoms with Gasteiger partial charge in [-0.3, -0.25) is 4.79 Å². The van der Waals surface area contributed by atoms with Gasteiger partial charge in [0.25, 0.3) is 5.91 Å². The molecule has 116 valence electrons. The van der Waals surface area contributed by atoms with Gasteiger partial charge in [0.15, 0.2) is 0 Å². The molecule has 1 aliphatic rings. The second kappa shape index (κ2) is 6.66. The zero-order valence-electron chi connectivity index (χ0n) is 12.5. The number of para-hydroxylation sites is 1. The van der Waals surface area contributed by atoms with E-state index in [-0.39, 0.29) is 24.2 Å². The van der Waals surface area contributed by atoms with E-state index in [4.69, 9.17) is 9.47 Å². The Hall–Kier alpha value is -2.27. The van der Waals surface area contributed by atoms with Gasteiger partial charge in [0, 0.05) is 19.2 Å². The number of amides is 1. The summed E-state index contributed by atoms with van der Waals surface area (Å²) in [6.45, 7) is 2.60. The standard InChI is InChI=1S/C17H20N2O3/c1-2-21-15-11-14(19-17(20)13-9-6-10-18-13)16(15)22-12-7-4-3-5-8-12/h3-10,14-16,18H,2,11H2,1H3,(H,19,20)/t14-,15-,16-/m1/s1. The maximum atomic E-state index is 12.1. The van der Waals surface area contributed by atoms with E-state index in [1.165, 1.54) is 0 Å². The molecule has 1 aromatic carbocycles. The van der Waals surface area contributed by atoms with Crippen molar-refractivity contribution in [3.63, 3.8) is 0 Å². The fourth-order valence-electron chi connectivity index (χ4n) is 2.63. The van der Waals surface area contributed by atoms with E-state index in [1.807, 2.05) is 37.3 Å². The lowest BCUT2D eigenvalue weighted by atomic mass is 9.85. The summed E-state index contributed by atoms with van der Waals surface area (Å²) in [7, 11) is 0. The van der Waals surface area contributed by atoms with Crippen LogP contribution in [0.5, 0.6) is 5.75 Å². The summed E-state index contributed by atoms with van der Waals surface area (Å²) in [4.78, 5) is 15.0. The highest BCUT2D eigenvalue weighted by Gasteiger charge is 2.44. The van der Waals surface area contributed by atoms with Crippen molar-refractivity contribution in [1.29, 1.82) is 0 Å². The van der Waals surface area contributed by atoms with Gasteiger partial charge in [-0.2, -0.15) is 0 Å². The van der Waals surface area contributed by atoms with Crippen molar-refractivity contribution in [2.45, 2.75) is 31.6 Å². The number of ether oxygens (including phenoxy) is 2.